The van der Waals surface area contributed by atoms with Crippen LogP contribution in [-0.4, -0.2) is 38.4 Å². The molecule has 1 atom stereocenters. The number of nitrogens with two attached hydrogens (primary N) is 1. The zero-order valence-corrected chi connectivity index (χ0v) is 16.4. The summed E-state index contributed by atoms with van der Waals surface area (Å²) in [4.78, 5) is 4.92. The number of anilines is 1. The van der Waals surface area contributed by atoms with Gasteiger partial charge < -0.3 is 16.2 Å². The molecule has 2 aromatic rings. The highest BCUT2D eigenvalue weighted by Gasteiger charge is 2.57. The van der Waals surface area contributed by atoms with Gasteiger partial charge >= 0.3 is 0 Å². The van der Waals surface area contributed by atoms with Crippen molar-refractivity contribution in [2.24, 2.45) is 11.7 Å². The van der Waals surface area contributed by atoms with Crippen LogP contribution in [0.4, 0.5) is 5.82 Å². The number of aromatic nitrogens is 3. The topological polar surface area (TPSA) is 88.5 Å². The quantitative estimate of drug-likeness (QED) is 0.737. The van der Waals surface area contributed by atoms with E-state index in [1.807, 2.05) is 16.8 Å². The van der Waals surface area contributed by atoms with Crippen LogP contribution in [0.1, 0.15) is 49.8 Å². The highest BCUT2D eigenvalue weighted by atomic mass is 35.5. The average Bonchev–Trinajstić information content (AvgIpc) is 3.13. The van der Waals surface area contributed by atoms with Gasteiger partial charge in [0, 0.05) is 35.7 Å². The van der Waals surface area contributed by atoms with E-state index in [1.165, 1.54) is 11.3 Å². The van der Waals surface area contributed by atoms with Crippen LogP contribution in [0, 0.1) is 5.92 Å². The Kier molecular flexibility index (Phi) is 5.41. The minimum atomic E-state index is 0. The molecular weight excluding hydrogens is 373 g/mol. The van der Waals surface area contributed by atoms with Crippen LogP contribution < -0.4 is 11.1 Å². The van der Waals surface area contributed by atoms with Gasteiger partial charge in [0.2, 0.25) is 0 Å². The van der Waals surface area contributed by atoms with E-state index in [1.54, 1.807) is 0 Å². The summed E-state index contributed by atoms with van der Waals surface area (Å²) in [6.07, 6.45) is 9.41. The predicted octanol–water partition coefficient (Wildman–Crippen LogP) is 2.45. The Hall–Kier alpha value is -1.08. The molecule has 0 saturated heterocycles. The highest BCUT2D eigenvalue weighted by Crippen LogP contribution is 2.60. The maximum Gasteiger partial charge on any atom is 0.157 e. The smallest absolute Gasteiger partial charge is 0.157 e. The van der Waals surface area contributed by atoms with Crippen LogP contribution in [-0.2, 0) is 11.8 Å². The summed E-state index contributed by atoms with van der Waals surface area (Å²) in [7, 11) is 0. The van der Waals surface area contributed by atoms with Crippen LogP contribution in [0.25, 0.3) is 5.65 Å². The van der Waals surface area contributed by atoms with E-state index in [2.05, 4.69) is 10.4 Å². The van der Waals surface area contributed by atoms with Crippen molar-refractivity contribution in [3.8, 4) is 0 Å². The Morgan fingerprint density at radius 1 is 1.23 bits per heavy atom. The Labute approximate surface area is 165 Å². The molecule has 2 fully saturated rings. The molecule has 2 aromatic heterocycles. The van der Waals surface area contributed by atoms with Gasteiger partial charge in [-0.2, -0.15) is 9.61 Å². The van der Waals surface area contributed by atoms with Crippen LogP contribution in [0.5, 0.6) is 0 Å². The van der Waals surface area contributed by atoms with Crippen molar-refractivity contribution in [3.05, 3.63) is 23.5 Å². The summed E-state index contributed by atoms with van der Waals surface area (Å²) < 4.78 is 1.95. The first-order chi connectivity index (χ1) is 11.7. The molecule has 3 aliphatic rings. The van der Waals surface area contributed by atoms with Gasteiger partial charge in [0.15, 0.2) is 5.65 Å². The molecule has 6 nitrogen and oxygen atoms in total. The Balaban J connectivity index is 0.000000980. The minimum Gasteiger partial charge on any atom is -0.396 e. The summed E-state index contributed by atoms with van der Waals surface area (Å²) in [5, 5.41) is 18.1. The zero-order chi connectivity index (χ0) is 16.3. The first-order valence-electron chi connectivity index (χ1n) is 9.21. The summed E-state index contributed by atoms with van der Waals surface area (Å²) in [6, 6.07) is 2.78. The fourth-order valence-electron chi connectivity index (χ4n) is 4.84. The van der Waals surface area contributed by atoms with Crippen molar-refractivity contribution in [1.29, 1.82) is 0 Å². The second-order valence-electron chi connectivity index (χ2n) is 7.88. The molecule has 2 heterocycles. The molecular formula is C18H27Cl2N5O. The molecule has 144 valence electrons. The van der Waals surface area contributed by atoms with E-state index in [0.29, 0.717) is 18.0 Å². The van der Waals surface area contributed by atoms with Crippen molar-refractivity contribution in [2.45, 2.75) is 62.4 Å². The number of aliphatic hydroxyl groups excluding tert-OH is 1. The van der Waals surface area contributed by atoms with Crippen LogP contribution in [0.3, 0.4) is 0 Å². The molecule has 8 heteroatoms. The SMILES string of the molecule is Cl.Cl.NC1CCC(Nc2c3c(nc4ccnn24)C2(CC2)C(CO)C3)CC1. The molecule has 0 aromatic carbocycles. The number of nitrogens with one attached hydrogen (secondary N) is 1. The largest absolute Gasteiger partial charge is 0.396 e. The van der Waals surface area contributed by atoms with E-state index in [-0.39, 0.29) is 36.8 Å². The molecule has 1 unspecified atom stereocenters. The van der Waals surface area contributed by atoms with E-state index in [0.717, 1.165) is 56.4 Å². The van der Waals surface area contributed by atoms with Gasteiger partial charge in [-0.25, -0.2) is 4.98 Å². The third-order valence-corrected chi connectivity index (χ3v) is 6.46. The number of nitrogens with zero attached hydrogens (tertiary/aromatic N) is 3. The number of hydrogen-bond acceptors (Lipinski definition) is 5. The van der Waals surface area contributed by atoms with Crippen molar-refractivity contribution >= 4 is 36.3 Å². The molecule has 0 aliphatic heterocycles. The van der Waals surface area contributed by atoms with E-state index < -0.39 is 0 Å². The standard InChI is InChI=1S/C18H25N5O.2ClH/c19-12-1-3-13(4-2-12)21-17-14-9-11(10-24)18(6-7-18)16(14)22-15-5-8-20-23(15)17;;/h5,8,11-13,21,24H,1-4,6-7,9-10,19H2;2*1H. The van der Waals surface area contributed by atoms with Crippen molar-refractivity contribution in [2.75, 3.05) is 11.9 Å². The lowest BCUT2D eigenvalue weighted by Crippen LogP contribution is -2.33. The van der Waals surface area contributed by atoms with Crippen molar-refractivity contribution < 1.29 is 5.11 Å². The second kappa shape index (κ2) is 7.15. The second-order valence-corrected chi connectivity index (χ2v) is 7.88. The molecule has 0 radical (unpaired) electrons. The third kappa shape index (κ3) is 2.87. The van der Waals surface area contributed by atoms with Gasteiger partial charge in [-0.15, -0.1) is 24.8 Å². The molecule has 3 aliphatic carbocycles. The summed E-state index contributed by atoms with van der Waals surface area (Å²) >= 11 is 0. The molecule has 5 rings (SSSR count). The van der Waals surface area contributed by atoms with Crippen molar-refractivity contribution in [1.82, 2.24) is 14.6 Å². The van der Waals surface area contributed by atoms with Gasteiger partial charge in [-0.05, 0) is 50.9 Å². The van der Waals surface area contributed by atoms with E-state index >= 15 is 0 Å². The lowest BCUT2D eigenvalue weighted by Gasteiger charge is -2.28. The van der Waals surface area contributed by atoms with E-state index in [9.17, 15) is 5.11 Å². The zero-order valence-electron chi connectivity index (χ0n) is 14.7. The molecule has 1 spiro atoms. The summed E-state index contributed by atoms with van der Waals surface area (Å²) in [5.74, 6) is 1.41. The van der Waals surface area contributed by atoms with Crippen LogP contribution >= 0.6 is 24.8 Å². The predicted molar refractivity (Wildman–Crippen MR) is 107 cm³/mol. The summed E-state index contributed by atoms with van der Waals surface area (Å²) in [6.45, 7) is 0.246. The molecule has 26 heavy (non-hydrogen) atoms. The van der Waals surface area contributed by atoms with E-state index in [4.69, 9.17) is 10.7 Å². The number of fused-ring (bicyclic) bond motifs is 3. The fourth-order valence-corrected chi connectivity index (χ4v) is 4.84. The summed E-state index contributed by atoms with van der Waals surface area (Å²) in [5.41, 5.74) is 9.58. The third-order valence-electron chi connectivity index (χ3n) is 6.46. The van der Waals surface area contributed by atoms with Crippen LogP contribution in [0.15, 0.2) is 12.3 Å². The molecule has 0 amide bonds. The van der Waals surface area contributed by atoms with Gasteiger partial charge in [-0.1, -0.05) is 0 Å². The first kappa shape index (κ1) is 19.7. The molecule has 0 bridgehead atoms. The molecule has 4 N–H and O–H groups in total. The van der Waals surface area contributed by atoms with Crippen molar-refractivity contribution in [3.63, 3.8) is 0 Å². The normalized spacial score (nSPS) is 28.3. The van der Waals surface area contributed by atoms with Gasteiger partial charge in [0.25, 0.3) is 0 Å². The maximum atomic E-state index is 9.86. The maximum absolute atomic E-state index is 9.86. The number of hydrogen-bond donors (Lipinski definition) is 3. The fraction of sp³-hybridized carbons (Fsp3) is 0.667. The van der Waals surface area contributed by atoms with Crippen LogP contribution in [0.2, 0.25) is 0 Å². The van der Waals surface area contributed by atoms with Gasteiger partial charge in [0.05, 0.1) is 11.9 Å². The first-order valence-corrected chi connectivity index (χ1v) is 9.21. The Morgan fingerprint density at radius 3 is 2.62 bits per heavy atom. The number of halogens is 2. The average molecular weight is 400 g/mol. The Bertz CT molecular complexity index is 783. The lowest BCUT2D eigenvalue weighted by atomic mass is 9.92. The number of rotatable bonds is 3. The Morgan fingerprint density at radius 2 is 1.96 bits per heavy atom. The molecule has 2 saturated carbocycles. The monoisotopic (exact) mass is 399 g/mol. The lowest BCUT2D eigenvalue weighted by molar-refractivity contribution is 0.204. The van der Waals surface area contributed by atoms with Gasteiger partial charge in [-0.3, -0.25) is 0 Å². The van der Waals surface area contributed by atoms with Gasteiger partial charge in [0.1, 0.15) is 5.82 Å². The minimum absolute atomic E-state index is 0. The highest BCUT2D eigenvalue weighted by molar-refractivity contribution is 5.85. The number of aliphatic hydroxyl groups is 1.